The summed E-state index contributed by atoms with van der Waals surface area (Å²) in [6, 6.07) is 7.15. The summed E-state index contributed by atoms with van der Waals surface area (Å²) < 4.78 is 1.18. The Hall–Kier alpha value is -0.500. The van der Waals surface area contributed by atoms with Crippen LogP contribution in [0, 0.1) is 23.7 Å². The lowest BCUT2D eigenvalue weighted by Crippen LogP contribution is -2.45. The van der Waals surface area contributed by atoms with Crippen molar-refractivity contribution in [1.82, 2.24) is 0 Å². The first-order valence-electron chi connectivity index (χ1n) is 7.36. The van der Waals surface area contributed by atoms with E-state index in [0.29, 0.717) is 16.9 Å². The maximum absolute atomic E-state index is 3.87. The molecule has 0 spiro atoms. The molecule has 1 nitrogen and oxygen atoms in total. The molecule has 3 unspecified atom stereocenters. The van der Waals surface area contributed by atoms with Crippen LogP contribution >= 0.6 is 15.9 Å². The van der Waals surface area contributed by atoms with Crippen molar-refractivity contribution in [3.63, 3.8) is 0 Å². The van der Waals surface area contributed by atoms with Gasteiger partial charge in [0.15, 0.2) is 0 Å². The third-order valence-corrected chi connectivity index (χ3v) is 6.38. The first-order valence-corrected chi connectivity index (χ1v) is 8.15. The number of nitrogens with one attached hydrogen (secondary N) is 1. The molecule has 1 aromatic rings. The molecular weight excluding hydrogens is 298 g/mol. The Morgan fingerprint density at radius 2 is 2.00 bits per heavy atom. The van der Waals surface area contributed by atoms with Crippen molar-refractivity contribution in [3.05, 3.63) is 28.2 Å². The molecule has 0 radical (unpaired) electrons. The lowest BCUT2D eigenvalue weighted by molar-refractivity contribution is 0.155. The Labute approximate surface area is 125 Å². The summed E-state index contributed by atoms with van der Waals surface area (Å²) >= 11 is 3.68. The quantitative estimate of drug-likeness (QED) is 0.770. The van der Waals surface area contributed by atoms with Crippen LogP contribution in [0.25, 0.3) is 0 Å². The molecule has 0 aliphatic heterocycles. The van der Waals surface area contributed by atoms with Crippen LogP contribution in [0.15, 0.2) is 22.7 Å². The smallest absolute Gasteiger partial charge is 0.0489 e. The zero-order chi connectivity index (χ0) is 13.8. The minimum Gasteiger partial charge on any atom is -0.380 e. The highest BCUT2D eigenvalue weighted by molar-refractivity contribution is 9.10. The van der Waals surface area contributed by atoms with Crippen molar-refractivity contribution < 1.29 is 0 Å². The van der Waals surface area contributed by atoms with E-state index in [1.165, 1.54) is 35.0 Å². The van der Waals surface area contributed by atoms with Gasteiger partial charge in [-0.3, -0.25) is 0 Å². The van der Waals surface area contributed by atoms with Crippen molar-refractivity contribution in [1.29, 1.82) is 0 Å². The van der Waals surface area contributed by atoms with E-state index >= 15 is 0 Å². The van der Waals surface area contributed by atoms with Crippen LogP contribution in [0.2, 0.25) is 0 Å². The summed E-state index contributed by atoms with van der Waals surface area (Å²) in [5.41, 5.74) is 3.44. The molecule has 0 saturated heterocycles. The maximum atomic E-state index is 3.87. The number of aryl methyl sites for hydroxylation is 1. The minimum absolute atomic E-state index is 0.399. The third kappa shape index (κ3) is 2.03. The summed E-state index contributed by atoms with van der Waals surface area (Å²) in [7, 11) is 0. The molecule has 1 aromatic carbocycles. The third-order valence-electron chi connectivity index (χ3n) is 5.69. The van der Waals surface area contributed by atoms with Gasteiger partial charge in [0.1, 0.15) is 0 Å². The lowest BCUT2D eigenvalue weighted by Gasteiger charge is -2.43. The van der Waals surface area contributed by atoms with Crippen molar-refractivity contribution in [2.75, 3.05) is 5.32 Å². The molecule has 0 aromatic heterocycles. The number of fused-ring (bicyclic) bond motifs is 2. The van der Waals surface area contributed by atoms with E-state index < -0.39 is 0 Å². The molecule has 0 amide bonds. The fourth-order valence-electron chi connectivity index (χ4n) is 4.57. The van der Waals surface area contributed by atoms with Gasteiger partial charge >= 0.3 is 0 Å². The summed E-state index contributed by atoms with van der Waals surface area (Å²) in [5, 5.41) is 3.87. The average molecular weight is 322 g/mol. The number of benzene rings is 1. The van der Waals surface area contributed by atoms with E-state index in [-0.39, 0.29) is 0 Å². The highest BCUT2D eigenvalue weighted by Crippen LogP contribution is 2.63. The van der Waals surface area contributed by atoms with E-state index in [4.69, 9.17) is 0 Å². The molecule has 2 aliphatic carbocycles. The monoisotopic (exact) mass is 321 g/mol. The Kier molecular flexibility index (Phi) is 3.01. The van der Waals surface area contributed by atoms with Gasteiger partial charge in [-0.25, -0.2) is 0 Å². The van der Waals surface area contributed by atoms with E-state index in [1.807, 2.05) is 0 Å². The first kappa shape index (κ1) is 13.5. The van der Waals surface area contributed by atoms with Gasteiger partial charge in [-0.2, -0.15) is 0 Å². The average Bonchev–Trinajstić information content (AvgIpc) is 2.80. The Bertz CT molecular complexity index is 503. The molecule has 2 heteroatoms. The van der Waals surface area contributed by atoms with Gasteiger partial charge in [0, 0.05) is 16.2 Å². The second-order valence-electron chi connectivity index (χ2n) is 7.48. The highest BCUT2D eigenvalue weighted by Gasteiger charge is 2.59. The van der Waals surface area contributed by atoms with Crippen LogP contribution in [0.3, 0.4) is 0 Å². The van der Waals surface area contributed by atoms with Crippen molar-refractivity contribution >= 4 is 21.6 Å². The van der Waals surface area contributed by atoms with E-state index in [1.54, 1.807) is 0 Å². The lowest BCUT2D eigenvalue weighted by atomic mass is 9.68. The number of rotatable bonds is 2. The largest absolute Gasteiger partial charge is 0.380 e. The Morgan fingerprint density at radius 1 is 1.26 bits per heavy atom. The van der Waals surface area contributed by atoms with Crippen LogP contribution in [-0.2, 0) is 0 Å². The molecular formula is C17H24BrN. The van der Waals surface area contributed by atoms with Gasteiger partial charge in [-0.05, 0) is 76.6 Å². The fourth-order valence-corrected chi connectivity index (χ4v) is 4.93. The second kappa shape index (κ2) is 4.25. The standard InChI is InChI=1S/C17H24BrN/c1-11-5-6-13(18)14(9-11)19-15-16(2,3)12-7-8-17(15,4)10-12/h5-6,9,12,15,19H,7-8,10H2,1-4H3. The molecule has 2 saturated carbocycles. The number of hydrogen-bond donors (Lipinski definition) is 1. The number of hydrogen-bond acceptors (Lipinski definition) is 1. The normalized spacial score (nSPS) is 35.6. The van der Waals surface area contributed by atoms with Gasteiger partial charge in [0.25, 0.3) is 0 Å². The predicted molar refractivity (Wildman–Crippen MR) is 85.5 cm³/mol. The first-order chi connectivity index (χ1) is 8.83. The van der Waals surface area contributed by atoms with Gasteiger partial charge in [-0.1, -0.05) is 26.8 Å². The highest BCUT2D eigenvalue weighted by atomic mass is 79.9. The number of anilines is 1. The molecule has 3 atom stereocenters. The van der Waals surface area contributed by atoms with Crippen LogP contribution in [-0.4, -0.2) is 6.04 Å². The van der Waals surface area contributed by atoms with Crippen LogP contribution in [0.5, 0.6) is 0 Å². The van der Waals surface area contributed by atoms with E-state index in [0.717, 1.165) is 5.92 Å². The van der Waals surface area contributed by atoms with Gasteiger partial charge in [-0.15, -0.1) is 0 Å². The summed E-state index contributed by atoms with van der Waals surface area (Å²) in [6.07, 6.45) is 4.18. The van der Waals surface area contributed by atoms with Gasteiger partial charge in [0.05, 0.1) is 0 Å². The second-order valence-corrected chi connectivity index (χ2v) is 8.33. The van der Waals surface area contributed by atoms with Crippen molar-refractivity contribution in [2.24, 2.45) is 16.7 Å². The summed E-state index contributed by atoms with van der Waals surface area (Å²) in [6.45, 7) is 9.53. The van der Waals surface area contributed by atoms with Gasteiger partial charge < -0.3 is 5.32 Å². The molecule has 1 N–H and O–H groups in total. The summed E-state index contributed by atoms with van der Waals surface area (Å²) in [5.74, 6) is 0.888. The Balaban J connectivity index is 1.92. The van der Waals surface area contributed by atoms with Crippen molar-refractivity contribution in [3.8, 4) is 0 Å². The predicted octanol–water partition coefficient (Wildman–Crippen LogP) is 5.38. The zero-order valence-electron chi connectivity index (χ0n) is 12.4. The number of halogens is 1. The molecule has 2 bridgehead atoms. The molecule has 2 fully saturated rings. The van der Waals surface area contributed by atoms with Crippen LogP contribution in [0.4, 0.5) is 5.69 Å². The minimum atomic E-state index is 0.399. The SMILES string of the molecule is Cc1ccc(Br)c(NC2C3(C)CCC(C3)C2(C)C)c1. The van der Waals surface area contributed by atoms with Gasteiger partial charge in [0.2, 0.25) is 0 Å². The molecule has 2 aliphatic rings. The zero-order valence-corrected chi connectivity index (χ0v) is 14.0. The van der Waals surface area contributed by atoms with Crippen LogP contribution in [0.1, 0.15) is 45.6 Å². The Morgan fingerprint density at radius 3 is 2.63 bits per heavy atom. The molecule has 19 heavy (non-hydrogen) atoms. The van der Waals surface area contributed by atoms with E-state index in [9.17, 15) is 0 Å². The molecule has 104 valence electrons. The van der Waals surface area contributed by atoms with Crippen molar-refractivity contribution in [2.45, 2.75) is 53.0 Å². The molecule has 0 heterocycles. The molecule has 3 rings (SSSR count). The van der Waals surface area contributed by atoms with E-state index in [2.05, 4.69) is 67.1 Å². The summed E-state index contributed by atoms with van der Waals surface area (Å²) in [4.78, 5) is 0. The topological polar surface area (TPSA) is 12.0 Å². The van der Waals surface area contributed by atoms with Crippen LogP contribution < -0.4 is 5.32 Å². The maximum Gasteiger partial charge on any atom is 0.0489 e. The fraction of sp³-hybridized carbons (Fsp3) is 0.647.